The monoisotopic (exact) mass is 218 g/mol. The fraction of sp³-hybridized carbons (Fsp3) is 0.333. The summed E-state index contributed by atoms with van der Waals surface area (Å²) in [7, 11) is 0. The van der Waals surface area contributed by atoms with Crippen molar-refractivity contribution in [3.8, 4) is 6.07 Å². The van der Waals surface area contributed by atoms with Gasteiger partial charge in [0.15, 0.2) is 0 Å². The van der Waals surface area contributed by atoms with Crippen molar-refractivity contribution in [2.45, 2.75) is 19.3 Å². The summed E-state index contributed by atoms with van der Waals surface area (Å²) in [5, 5.41) is 8.29. The average Bonchev–Trinajstić information content (AvgIpc) is 2.24. The third-order valence-corrected chi connectivity index (χ3v) is 2.00. The van der Waals surface area contributed by atoms with Gasteiger partial charge in [0.1, 0.15) is 0 Å². The van der Waals surface area contributed by atoms with Gasteiger partial charge in [-0.05, 0) is 24.1 Å². The number of esters is 1. The second kappa shape index (κ2) is 6.46. The Labute approximate surface area is 94.6 Å². The van der Waals surface area contributed by atoms with E-state index < -0.39 is 0 Å². The summed E-state index contributed by atoms with van der Waals surface area (Å²) < 4.78 is 4.96. The molecule has 1 aromatic rings. The Kier molecular flexibility index (Phi) is 4.87. The summed E-state index contributed by atoms with van der Waals surface area (Å²) in [5.74, 6) is -0.288. The number of unbranched alkanes of at least 4 members (excludes halogenated alkanes) is 1. The summed E-state index contributed by atoms with van der Waals surface area (Å²) in [6, 6.07) is 9.13. The van der Waals surface area contributed by atoms with Crippen LogP contribution in [0.4, 0.5) is 5.69 Å². The summed E-state index contributed by atoms with van der Waals surface area (Å²) in [5.41, 5.74) is 7.06. The predicted octanol–water partition coefficient (Wildman–Crippen LogP) is 1.66. The Hall–Kier alpha value is -2.02. The second-order valence-corrected chi connectivity index (χ2v) is 3.40. The van der Waals surface area contributed by atoms with Crippen molar-refractivity contribution in [2.75, 3.05) is 12.3 Å². The van der Waals surface area contributed by atoms with Crippen LogP contribution in [-0.4, -0.2) is 12.6 Å². The van der Waals surface area contributed by atoms with Gasteiger partial charge in [0.05, 0.1) is 19.1 Å². The molecule has 0 aromatic heterocycles. The molecule has 16 heavy (non-hydrogen) atoms. The first-order valence-corrected chi connectivity index (χ1v) is 5.09. The summed E-state index contributed by atoms with van der Waals surface area (Å²) >= 11 is 0. The number of carbonyl (C=O) groups excluding carboxylic acids is 1. The van der Waals surface area contributed by atoms with Crippen LogP contribution >= 0.6 is 0 Å². The molecule has 0 amide bonds. The minimum atomic E-state index is -0.288. The molecular weight excluding hydrogens is 204 g/mol. The Morgan fingerprint density at radius 1 is 1.50 bits per heavy atom. The third-order valence-electron chi connectivity index (χ3n) is 2.00. The average molecular weight is 218 g/mol. The van der Waals surface area contributed by atoms with E-state index in [1.165, 1.54) is 0 Å². The molecule has 0 saturated heterocycles. The molecule has 4 nitrogen and oxygen atoms in total. The van der Waals surface area contributed by atoms with Crippen LogP contribution in [0.2, 0.25) is 0 Å². The number of hydrogen-bond donors (Lipinski definition) is 1. The first-order chi connectivity index (χ1) is 7.72. The molecule has 0 heterocycles. The van der Waals surface area contributed by atoms with Crippen LogP contribution in [0, 0.1) is 11.3 Å². The maximum atomic E-state index is 11.3. The summed E-state index contributed by atoms with van der Waals surface area (Å²) in [6.07, 6.45) is 1.21. The molecule has 1 rings (SSSR count). The van der Waals surface area contributed by atoms with Gasteiger partial charge in [-0.25, -0.2) is 0 Å². The fourth-order valence-corrected chi connectivity index (χ4v) is 1.26. The van der Waals surface area contributed by atoms with Gasteiger partial charge < -0.3 is 10.5 Å². The largest absolute Gasteiger partial charge is 0.465 e. The van der Waals surface area contributed by atoms with Crippen LogP contribution < -0.4 is 5.73 Å². The number of nitrogens with two attached hydrogens (primary N) is 1. The third kappa shape index (κ3) is 4.47. The van der Waals surface area contributed by atoms with E-state index in [0.29, 0.717) is 25.1 Å². The summed E-state index contributed by atoms with van der Waals surface area (Å²) in [4.78, 5) is 11.3. The van der Waals surface area contributed by atoms with E-state index in [9.17, 15) is 4.79 Å². The fourth-order valence-electron chi connectivity index (χ4n) is 1.26. The number of rotatable bonds is 5. The van der Waals surface area contributed by atoms with Crippen molar-refractivity contribution in [1.29, 1.82) is 5.26 Å². The topological polar surface area (TPSA) is 76.1 Å². The maximum Gasteiger partial charge on any atom is 0.310 e. The quantitative estimate of drug-likeness (QED) is 0.463. The van der Waals surface area contributed by atoms with E-state index in [2.05, 4.69) is 0 Å². The molecule has 0 aliphatic heterocycles. The highest BCUT2D eigenvalue weighted by atomic mass is 16.5. The van der Waals surface area contributed by atoms with Crippen LogP contribution in [0.15, 0.2) is 24.3 Å². The van der Waals surface area contributed by atoms with Gasteiger partial charge in [-0.1, -0.05) is 12.1 Å². The molecule has 0 spiro atoms. The van der Waals surface area contributed by atoms with Crippen LogP contribution in [0.1, 0.15) is 18.4 Å². The molecule has 0 fully saturated rings. The van der Waals surface area contributed by atoms with Crippen molar-refractivity contribution >= 4 is 11.7 Å². The molecule has 0 unspecified atom stereocenters. The molecule has 2 N–H and O–H groups in total. The van der Waals surface area contributed by atoms with E-state index in [-0.39, 0.29) is 12.4 Å². The van der Waals surface area contributed by atoms with Crippen molar-refractivity contribution in [3.05, 3.63) is 29.8 Å². The lowest BCUT2D eigenvalue weighted by Crippen LogP contribution is -2.09. The van der Waals surface area contributed by atoms with Gasteiger partial charge in [0, 0.05) is 12.1 Å². The van der Waals surface area contributed by atoms with Gasteiger partial charge in [-0.3, -0.25) is 4.79 Å². The van der Waals surface area contributed by atoms with Crippen molar-refractivity contribution in [3.63, 3.8) is 0 Å². The standard InChI is InChI=1S/C12H14N2O2/c13-6-1-2-7-16-12(15)9-10-4-3-5-11(14)8-10/h3-5,8H,1-2,7,9,14H2. The zero-order chi connectivity index (χ0) is 11.8. The molecule has 1 aromatic carbocycles. The maximum absolute atomic E-state index is 11.3. The van der Waals surface area contributed by atoms with E-state index in [4.69, 9.17) is 15.7 Å². The SMILES string of the molecule is N#CCCCOC(=O)Cc1cccc(N)c1. The Bertz CT molecular complexity index is 396. The van der Waals surface area contributed by atoms with Crippen LogP contribution in [0.25, 0.3) is 0 Å². The highest BCUT2D eigenvalue weighted by Gasteiger charge is 2.04. The molecule has 0 radical (unpaired) electrons. The van der Waals surface area contributed by atoms with E-state index in [0.717, 1.165) is 5.56 Å². The minimum Gasteiger partial charge on any atom is -0.465 e. The lowest BCUT2D eigenvalue weighted by Gasteiger charge is -2.04. The lowest BCUT2D eigenvalue weighted by molar-refractivity contribution is -0.142. The Balaban J connectivity index is 2.32. The Morgan fingerprint density at radius 3 is 3.00 bits per heavy atom. The highest BCUT2D eigenvalue weighted by Crippen LogP contribution is 2.07. The molecular formula is C12H14N2O2. The normalized spacial score (nSPS) is 9.44. The smallest absolute Gasteiger partial charge is 0.310 e. The van der Waals surface area contributed by atoms with Crippen LogP contribution in [0.3, 0.4) is 0 Å². The molecule has 0 saturated carbocycles. The molecule has 0 atom stereocenters. The zero-order valence-electron chi connectivity index (χ0n) is 8.98. The minimum absolute atomic E-state index is 0.220. The van der Waals surface area contributed by atoms with Gasteiger partial charge in [-0.2, -0.15) is 5.26 Å². The zero-order valence-corrected chi connectivity index (χ0v) is 8.98. The van der Waals surface area contributed by atoms with Gasteiger partial charge >= 0.3 is 5.97 Å². The molecule has 4 heteroatoms. The van der Waals surface area contributed by atoms with Crippen molar-refractivity contribution < 1.29 is 9.53 Å². The molecule has 0 bridgehead atoms. The highest BCUT2D eigenvalue weighted by molar-refractivity contribution is 5.72. The van der Waals surface area contributed by atoms with Crippen molar-refractivity contribution in [1.82, 2.24) is 0 Å². The molecule has 84 valence electrons. The van der Waals surface area contributed by atoms with Crippen LogP contribution in [-0.2, 0) is 16.0 Å². The predicted molar refractivity (Wildman–Crippen MR) is 60.4 cm³/mol. The number of ether oxygens (including phenoxy) is 1. The van der Waals surface area contributed by atoms with Gasteiger partial charge in [0.25, 0.3) is 0 Å². The van der Waals surface area contributed by atoms with Gasteiger partial charge in [-0.15, -0.1) is 0 Å². The second-order valence-electron chi connectivity index (χ2n) is 3.40. The molecule has 0 aliphatic rings. The number of nitrogens with zero attached hydrogens (tertiary/aromatic N) is 1. The number of nitrogen functional groups attached to an aromatic ring is 1. The van der Waals surface area contributed by atoms with E-state index in [1.54, 1.807) is 18.2 Å². The number of carbonyl (C=O) groups is 1. The number of hydrogen-bond acceptors (Lipinski definition) is 4. The first-order valence-electron chi connectivity index (χ1n) is 5.09. The number of benzene rings is 1. The van der Waals surface area contributed by atoms with E-state index in [1.807, 2.05) is 12.1 Å². The van der Waals surface area contributed by atoms with E-state index >= 15 is 0 Å². The van der Waals surface area contributed by atoms with Crippen molar-refractivity contribution in [2.24, 2.45) is 0 Å². The lowest BCUT2D eigenvalue weighted by atomic mass is 10.1. The first kappa shape index (κ1) is 12.1. The summed E-state index contributed by atoms with van der Waals surface area (Å²) in [6.45, 7) is 0.300. The molecule has 0 aliphatic carbocycles. The van der Waals surface area contributed by atoms with Crippen LogP contribution in [0.5, 0.6) is 0 Å². The Morgan fingerprint density at radius 2 is 2.31 bits per heavy atom. The van der Waals surface area contributed by atoms with Gasteiger partial charge in [0.2, 0.25) is 0 Å². The number of nitriles is 1. The number of anilines is 1.